The number of hydrogen-bond acceptors (Lipinski definition) is 3. The van der Waals surface area contributed by atoms with Crippen molar-refractivity contribution in [3.63, 3.8) is 0 Å². The SMILES string of the molecule is O=[N+]([O-])c1ccc2c(c1)c(Cl)cc[n+]2[O-]. The van der Waals surface area contributed by atoms with Crippen LogP contribution < -0.4 is 4.73 Å². The molecule has 15 heavy (non-hydrogen) atoms. The summed E-state index contributed by atoms with van der Waals surface area (Å²) >= 11 is 5.83. The Labute approximate surface area is 89.2 Å². The maximum atomic E-state index is 11.3. The molecule has 0 atom stereocenters. The third kappa shape index (κ3) is 1.57. The fourth-order valence-electron chi connectivity index (χ4n) is 1.32. The van der Waals surface area contributed by atoms with Gasteiger partial charge in [-0.1, -0.05) is 11.6 Å². The number of nitro groups is 1. The molecule has 0 saturated carbocycles. The van der Waals surface area contributed by atoms with Gasteiger partial charge < -0.3 is 5.21 Å². The Morgan fingerprint density at radius 2 is 2.07 bits per heavy atom. The largest absolute Gasteiger partial charge is 0.618 e. The average Bonchev–Trinajstić information content (AvgIpc) is 2.23. The average molecular weight is 225 g/mol. The molecule has 0 aliphatic carbocycles. The molecule has 0 aliphatic rings. The van der Waals surface area contributed by atoms with Crippen molar-refractivity contribution in [2.24, 2.45) is 0 Å². The quantitative estimate of drug-likeness (QED) is 0.322. The topological polar surface area (TPSA) is 70.1 Å². The summed E-state index contributed by atoms with van der Waals surface area (Å²) in [4.78, 5) is 9.99. The van der Waals surface area contributed by atoms with Crippen LogP contribution in [0.15, 0.2) is 30.5 Å². The zero-order chi connectivity index (χ0) is 11.0. The molecule has 0 unspecified atom stereocenters. The second-order valence-corrected chi connectivity index (χ2v) is 3.36. The number of aromatic nitrogens is 1. The van der Waals surface area contributed by atoms with Gasteiger partial charge in [-0.2, -0.15) is 4.73 Å². The van der Waals surface area contributed by atoms with Crippen LogP contribution >= 0.6 is 11.6 Å². The van der Waals surface area contributed by atoms with Gasteiger partial charge in [-0.3, -0.25) is 10.1 Å². The second-order valence-electron chi connectivity index (χ2n) is 2.95. The Hall–Kier alpha value is -1.88. The molecule has 0 saturated heterocycles. The fraction of sp³-hybridized carbons (Fsp3) is 0. The summed E-state index contributed by atoms with van der Waals surface area (Å²) < 4.78 is 0.616. The highest BCUT2D eigenvalue weighted by Crippen LogP contribution is 2.24. The van der Waals surface area contributed by atoms with Crippen molar-refractivity contribution in [3.8, 4) is 0 Å². The van der Waals surface area contributed by atoms with Crippen LogP contribution in [0.5, 0.6) is 0 Å². The van der Waals surface area contributed by atoms with Gasteiger partial charge in [0.2, 0.25) is 5.52 Å². The number of nitro benzene ring substituents is 1. The lowest BCUT2D eigenvalue weighted by atomic mass is 10.2. The van der Waals surface area contributed by atoms with Gasteiger partial charge in [0.1, 0.15) is 0 Å². The van der Waals surface area contributed by atoms with Gasteiger partial charge in [0.25, 0.3) is 5.69 Å². The summed E-state index contributed by atoms with van der Waals surface area (Å²) in [6, 6.07) is 5.34. The normalized spacial score (nSPS) is 10.5. The number of non-ortho nitro benzene ring substituents is 1. The van der Waals surface area contributed by atoms with Crippen molar-refractivity contribution in [2.75, 3.05) is 0 Å². The Kier molecular flexibility index (Phi) is 2.17. The predicted octanol–water partition coefficient (Wildman–Crippen LogP) is 2.03. The molecule has 1 heterocycles. The first-order valence-electron chi connectivity index (χ1n) is 4.05. The molecule has 2 rings (SSSR count). The van der Waals surface area contributed by atoms with Gasteiger partial charge in [-0.25, -0.2) is 0 Å². The molecule has 5 nitrogen and oxygen atoms in total. The number of benzene rings is 1. The van der Waals surface area contributed by atoms with E-state index in [4.69, 9.17) is 11.6 Å². The van der Waals surface area contributed by atoms with Crippen LogP contribution in [-0.2, 0) is 0 Å². The van der Waals surface area contributed by atoms with Crippen molar-refractivity contribution >= 4 is 28.2 Å². The summed E-state index contributed by atoms with van der Waals surface area (Å²) in [6.07, 6.45) is 1.26. The van der Waals surface area contributed by atoms with E-state index in [-0.39, 0.29) is 5.69 Å². The standard InChI is InChI=1S/C9H5ClN2O3/c10-8-3-4-11(13)9-2-1-6(12(14)15)5-7(8)9/h1-5H. The van der Waals surface area contributed by atoms with Crippen molar-refractivity contribution in [1.29, 1.82) is 0 Å². The summed E-state index contributed by atoms with van der Waals surface area (Å²) in [5.41, 5.74) is 0.226. The number of pyridine rings is 1. The molecule has 0 amide bonds. The smallest absolute Gasteiger partial charge is 0.270 e. The first-order chi connectivity index (χ1) is 7.09. The van der Waals surface area contributed by atoms with Crippen LogP contribution in [0.2, 0.25) is 5.02 Å². The lowest BCUT2D eigenvalue weighted by molar-refractivity contribution is -0.577. The monoisotopic (exact) mass is 224 g/mol. The van der Waals surface area contributed by atoms with Crippen molar-refractivity contribution in [1.82, 2.24) is 0 Å². The highest BCUT2D eigenvalue weighted by Gasteiger charge is 2.13. The first kappa shape index (κ1) is 9.67. The van der Waals surface area contributed by atoms with Crippen LogP contribution in [0.1, 0.15) is 0 Å². The van der Waals surface area contributed by atoms with Gasteiger partial charge in [0.15, 0.2) is 6.20 Å². The van der Waals surface area contributed by atoms with Gasteiger partial charge in [0.05, 0.1) is 15.3 Å². The van der Waals surface area contributed by atoms with Crippen LogP contribution in [0.25, 0.3) is 10.9 Å². The molecular formula is C9H5ClN2O3. The van der Waals surface area contributed by atoms with E-state index in [2.05, 4.69) is 0 Å². The minimum atomic E-state index is -0.530. The minimum absolute atomic E-state index is 0.0874. The summed E-state index contributed by atoms with van der Waals surface area (Å²) in [6.45, 7) is 0. The zero-order valence-corrected chi connectivity index (χ0v) is 8.14. The van der Waals surface area contributed by atoms with Crippen molar-refractivity contribution in [3.05, 3.63) is 50.8 Å². The third-order valence-electron chi connectivity index (χ3n) is 2.04. The second kappa shape index (κ2) is 3.36. The molecule has 0 fully saturated rings. The highest BCUT2D eigenvalue weighted by molar-refractivity contribution is 6.35. The maximum Gasteiger partial charge on any atom is 0.270 e. The molecule has 0 aliphatic heterocycles. The summed E-state index contributed by atoms with van der Waals surface area (Å²) in [7, 11) is 0. The van der Waals surface area contributed by atoms with E-state index in [1.54, 1.807) is 0 Å². The van der Waals surface area contributed by atoms with Crippen molar-refractivity contribution in [2.45, 2.75) is 0 Å². The molecular weight excluding hydrogens is 220 g/mol. The zero-order valence-electron chi connectivity index (χ0n) is 7.38. The molecule has 1 aromatic carbocycles. The van der Waals surface area contributed by atoms with Crippen molar-refractivity contribution < 1.29 is 9.65 Å². The van der Waals surface area contributed by atoms with E-state index >= 15 is 0 Å². The van der Waals surface area contributed by atoms with Gasteiger partial charge in [-0.05, 0) is 0 Å². The van der Waals surface area contributed by atoms with Gasteiger partial charge in [0, 0.05) is 24.3 Å². The van der Waals surface area contributed by atoms with Gasteiger partial charge in [-0.15, -0.1) is 0 Å². The molecule has 0 spiro atoms. The first-order valence-corrected chi connectivity index (χ1v) is 4.43. The van der Waals surface area contributed by atoms with E-state index in [0.717, 1.165) is 0 Å². The summed E-state index contributed by atoms with van der Waals surface area (Å²) in [5.74, 6) is 0. The Morgan fingerprint density at radius 1 is 1.33 bits per heavy atom. The Bertz CT molecular complexity index is 556. The Morgan fingerprint density at radius 3 is 2.73 bits per heavy atom. The van der Waals surface area contributed by atoms with Crippen LogP contribution in [-0.4, -0.2) is 4.92 Å². The van der Waals surface area contributed by atoms with Crippen LogP contribution in [0, 0.1) is 15.3 Å². The Balaban J connectivity index is 2.81. The van der Waals surface area contributed by atoms with Gasteiger partial charge >= 0.3 is 0 Å². The summed E-state index contributed by atoms with van der Waals surface area (Å²) in [5, 5.41) is 22.5. The number of nitrogens with zero attached hydrogens (tertiary/aromatic N) is 2. The molecule has 6 heteroatoms. The van der Waals surface area contributed by atoms with E-state index in [1.165, 1.54) is 30.5 Å². The molecule has 1 aromatic heterocycles. The fourth-order valence-corrected chi connectivity index (χ4v) is 1.53. The lowest BCUT2D eigenvalue weighted by Gasteiger charge is -2.02. The minimum Gasteiger partial charge on any atom is -0.618 e. The molecule has 0 bridgehead atoms. The van der Waals surface area contributed by atoms with E-state index in [0.29, 0.717) is 20.7 Å². The van der Waals surface area contributed by atoms with E-state index in [1.807, 2.05) is 0 Å². The number of rotatable bonds is 1. The number of halogens is 1. The maximum absolute atomic E-state index is 11.3. The van der Waals surface area contributed by atoms with E-state index in [9.17, 15) is 15.3 Å². The highest BCUT2D eigenvalue weighted by atomic mass is 35.5. The predicted molar refractivity (Wildman–Crippen MR) is 54.6 cm³/mol. The van der Waals surface area contributed by atoms with E-state index < -0.39 is 4.92 Å². The number of hydrogen-bond donors (Lipinski definition) is 0. The lowest BCUT2D eigenvalue weighted by Crippen LogP contribution is -2.25. The molecule has 2 aromatic rings. The molecule has 0 N–H and O–H groups in total. The number of fused-ring (bicyclic) bond motifs is 1. The van der Waals surface area contributed by atoms with Crippen LogP contribution in [0.3, 0.4) is 0 Å². The molecule has 0 radical (unpaired) electrons. The third-order valence-corrected chi connectivity index (χ3v) is 2.37. The van der Waals surface area contributed by atoms with Crippen LogP contribution in [0.4, 0.5) is 5.69 Å². The molecule has 76 valence electrons.